The molecular formula is C18H24N4O2S. The Balaban J connectivity index is 1.71. The maximum Gasteiger partial charge on any atom is 0.233 e. The number of aromatic nitrogens is 3. The van der Waals surface area contributed by atoms with Crippen LogP contribution in [0.5, 0.6) is 0 Å². The third-order valence-electron chi connectivity index (χ3n) is 4.13. The first-order valence-electron chi connectivity index (χ1n) is 8.59. The van der Waals surface area contributed by atoms with E-state index in [2.05, 4.69) is 32.2 Å². The van der Waals surface area contributed by atoms with E-state index in [0.717, 1.165) is 17.5 Å². The van der Waals surface area contributed by atoms with Crippen LogP contribution in [0.3, 0.4) is 0 Å². The lowest BCUT2D eigenvalue weighted by atomic mass is 10.2. The van der Waals surface area contributed by atoms with Crippen molar-refractivity contribution in [3.8, 4) is 0 Å². The van der Waals surface area contributed by atoms with Crippen molar-refractivity contribution in [2.24, 2.45) is 0 Å². The number of benzene rings is 1. The second-order valence-corrected chi connectivity index (χ2v) is 7.54. The van der Waals surface area contributed by atoms with E-state index in [-0.39, 0.29) is 11.2 Å². The largest absolute Gasteiger partial charge is 0.383 e. The fraction of sp³-hybridized carbons (Fsp3) is 0.500. The molecular weight excluding hydrogens is 336 g/mol. The maximum atomic E-state index is 12.2. The molecule has 7 heteroatoms. The van der Waals surface area contributed by atoms with Crippen molar-refractivity contribution in [2.45, 2.75) is 42.6 Å². The maximum absolute atomic E-state index is 12.2. The van der Waals surface area contributed by atoms with Crippen molar-refractivity contribution in [2.75, 3.05) is 20.3 Å². The van der Waals surface area contributed by atoms with Crippen LogP contribution in [-0.4, -0.2) is 46.2 Å². The van der Waals surface area contributed by atoms with Gasteiger partial charge < -0.3 is 14.6 Å². The van der Waals surface area contributed by atoms with Gasteiger partial charge in [-0.2, -0.15) is 0 Å². The van der Waals surface area contributed by atoms with Crippen LogP contribution in [0.2, 0.25) is 0 Å². The highest BCUT2D eigenvalue weighted by molar-refractivity contribution is 8.00. The van der Waals surface area contributed by atoms with Crippen LogP contribution in [0, 0.1) is 0 Å². The number of nitrogens with one attached hydrogen (secondary N) is 1. The van der Waals surface area contributed by atoms with Crippen LogP contribution < -0.4 is 5.32 Å². The Morgan fingerprint density at radius 1 is 1.36 bits per heavy atom. The number of nitrogens with zero attached hydrogens (tertiary/aromatic N) is 3. The van der Waals surface area contributed by atoms with Gasteiger partial charge in [-0.3, -0.25) is 4.79 Å². The molecule has 25 heavy (non-hydrogen) atoms. The Kier molecular flexibility index (Phi) is 6.09. The molecule has 0 unspecified atom stereocenters. The monoisotopic (exact) mass is 360 g/mol. The first-order valence-corrected chi connectivity index (χ1v) is 9.47. The minimum Gasteiger partial charge on any atom is -0.383 e. The van der Waals surface area contributed by atoms with Crippen LogP contribution >= 0.6 is 11.8 Å². The molecule has 2 aromatic rings. The SMILES string of the molecule is COCCNC(=O)[C@@H](C)Sc1nnc(C2CC2)n1Cc1ccccc1. The molecule has 0 aliphatic heterocycles. The summed E-state index contributed by atoms with van der Waals surface area (Å²) in [6, 6.07) is 10.3. The van der Waals surface area contributed by atoms with Gasteiger partial charge >= 0.3 is 0 Å². The smallest absolute Gasteiger partial charge is 0.233 e. The van der Waals surface area contributed by atoms with Crippen LogP contribution in [0.4, 0.5) is 0 Å². The summed E-state index contributed by atoms with van der Waals surface area (Å²) in [6.07, 6.45) is 2.34. The Bertz CT molecular complexity index is 700. The molecule has 1 aliphatic carbocycles. The highest BCUT2D eigenvalue weighted by Gasteiger charge is 2.31. The molecule has 0 saturated heterocycles. The van der Waals surface area contributed by atoms with Gasteiger partial charge in [-0.15, -0.1) is 10.2 Å². The molecule has 0 radical (unpaired) electrons. The molecule has 0 bridgehead atoms. The van der Waals surface area contributed by atoms with Gasteiger partial charge in [0.2, 0.25) is 5.91 Å². The number of hydrogen-bond acceptors (Lipinski definition) is 5. The summed E-state index contributed by atoms with van der Waals surface area (Å²) in [5.41, 5.74) is 1.21. The lowest BCUT2D eigenvalue weighted by Gasteiger charge is -2.13. The van der Waals surface area contributed by atoms with E-state index in [1.165, 1.54) is 30.2 Å². The van der Waals surface area contributed by atoms with E-state index in [9.17, 15) is 4.79 Å². The topological polar surface area (TPSA) is 69.0 Å². The number of amides is 1. The number of thioether (sulfide) groups is 1. The van der Waals surface area contributed by atoms with Crippen LogP contribution in [0.25, 0.3) is 0 Å². The van der Waals surface area contributed by atoms with E-state index in [4.69, 9.17) is 4.74 Å². The summed E-state index contributed by atoms with van der Waals surface area (Å²) in [5, 5.41) is 12.2. The molecule has 1 heterocycles. The van der Waals surface area contributed by atoms with Gasteiger partial charge in [-0.1, -0.05) is 42.1 Å². The van der Waals surface area contributed by atoms with Gasteiger partial charge in [0.05, 0.1) is 18.4 Å². The molecule has 1 saturated carbocycles. The summed E-state index contributed by atoms with van der Waals surface area (Å²) in [6.45, 7) is 3.66. The zero-order valence-corrected chi connectivity index (χ0v) is 15.5. The highest BCUT2D eigenvalue weighted by atomic mass is 32.2. The number of ether oxygens (including phenoxy) is 1. The predicted molar refractivity (Wildman–Crippen MR) is 97.7 cm³/mol. The predicted octanol–water partition coefficient (Wildman–Crippen LogP) is 2.45. The molecule has 1 fully saturated rings. The van der Waals surface area contributed by atoms with E-state index in [1.807, 2.05) is 25.1 Å². The van der Waals surface area contributed by atoms with Crippen molar-refractivity contribution < 1.29 is 9.53 Å². The molecule has 1 N–H and O–H groups in total. The summed E-state index contributed by atoms with van der Waals surface area (Å²) in [4.78, 5) is 12.2. The van der Waals surface area contributed by atoms with Gasteiger partial charge in [0.1, 0.15) is 5.82 Å². The Hall–Kier alpha value is -1.86. The minimum atomic E-state index is -0.234. The van der Waals surface area contributed by atoms with Crippen molar-refractivity contribution in [1.82, 2.24) is 20.1 Å². The van der Waals surface area contributed by atoms with Gasteiger partial charge in [-0.25, -0.2) is 0 Å². The lowest BCUT2D eigenvalue weighted by Crippen LogP contribution is -2.33. The molecule has 1 amide bonds. The normalized spacial score (nSPS) is 15.1. The average Bonchev–Trinajstić information content (AvgIpc) is 3.40. The molecule has 1 atom stereocenters. The van der Waals surface area contributed by atoms with E-state index >= 15 is 0 Å². The standard InChI is InChI=1S/C18H24N4O2S/c1-13(17(23)19-10-11-24-2)25-18-21-20-16(15-8-9-15)22(18)12-14-6-4-3-5-7-14/h3-7,13,15H,8-12H2,1-2H3,(H,19,23)/t13-/m1/s1. The molecule has 6 nitrogen and oxygen atoms in total. The molecule has 1 aliphatic rings. The summed E-state index contributed by atoms with van der Waals surface area (Å²) in [5.74, 6) is 1.54. The number of hydrogen-bond donors (Lipinski definition) is 1. The zero-order valence-electron chi connectivity index (χ0n) is 14.6. The quantitative estimate of drug-likeness (QED) is 0.549. The van der Waals surface area contributed by atoms with Crippen molar-refractivity contribution >= 4 is 17.7 Å². The van der Waals surface area contributed by atoms with E-state index in [0.29, 0.717) is 19.1 Å². The van der Waals surface area contributed by atoms with Crippen molar-refractivity contribution in [3.05, 3.63) is 41.7 Å². The number of carbonyl (C=O) groups is 1. The molecule has 134 valence electrons. The Morgan fingerprint density at radius 3 is 2.80 bits per heavy atom. The molecule has 0 spiro atoms. The average molecular weight is 360 g/mol. The van der Waals surface area contributed by atoms with Gasteiger partial charge in [0.15, 0.2) is 5.16 Å². The fourth-order valence-corrected chi connectivity index (χ4v) is 3.46. The fourth-order valence-electron chi connectivity index (χ4n) is 2.58. The van der Waals surface area contributed by atoms with Crippen LogP contribution in [-0.2, 0) is 16.1 Å². The van der Waals surface area contributed by atoms with Gasteiger partial charge in [0.25, 0.3) is 0 Å². The van der Waals surface area contributed by atoms with E-state index in [1.54, 1.807) is 7.11 Å². The highest BCUT2D eigenvalue weighted by Crippen LogP contribution is 2.40. The molecule has 1 aromatic carbocycles. The third kappa shape index (κ3) is 4.83. The van der Waals surface area contributed by atoms with Crippen molar-refractivity contribution in [3.63, 3.8) is 0 Å². The number of carbonyl (C=O) groups excluding carboxylic acids is 1. The lowest BCUT2D eigenvalue weighted by molar-refractivity contribution is -0.120. The van der Waals surface area contributed by atoms with Crippen molar-refractivity contribution in [1.29, 1.82) is 0 Å². The van der Waals surface area contributed by atoms with Crippen LogP contribution in [0.1, 0.15) is 37.1 Å². The first kappa shape index (κ1) is 17.9. The van der Waals surface area contributed by atoms with E-state index < -0.39 is 0 Å². The van der Waals surface area contributed by atoms with Gasteiger partial charge in [0, 0.05) is 19.6 Å². The summed E-state index contributed by atoms with van der Waals surface area (Å²) >= 11 is 1.46. The minimum absolute atomic E-state index is 0.00992. The second-order valence-electron chi connectivity index (χ2n) is 6.23. The van der Waals surface area contributed by atoms with Crippen LogP contribution in [0.15, 0.2) is 35.5 Å². The Morgan fingerprint density at radius 2 is 2.12 bits per heavy atom. The summed E-state index contributed by atoms with van der Waals surface area (Å²) < 4.78 is 7.13. The number of rotatable bonds is 9. The first-order chi connectivity index (χ1) is 12.2. The third-order valence-corrected chi connectivity index (χ3v) is 5.21. The second kappa shape index (κ2) is 8.49. The Labute approximate surface area is 152 Å². The number of methoxy groups -OCH3 is 1. The summed E-state index contributed by atoms with van der Waals surface area (Å²) in [7, 11) is 1.62. The zero-order chi connectivity index (χ0) is 17.6. The van der Waals surface area contributed by atoms with Gasteiger partial charge in [-0.05, 0) is 25.3 Å². The molecule has 1 aromatic heterocycles. The molecule has 3 rings (SSSR count).